The summed E-state index contributed by atoms with van der Waals surface area (Å²) in [5.74, 6) is -0.337. The average Bonchev–Trinajstić information content (AvgIpc) is 2.82. The Morgan fingerprint density at radius 3 is 2.25 bits per heavy atom. The minimum Gasteiger partial charge on any atom is -0.339 e. The molecule has 0 unspecified atom stereocenters. The number of para-hydroxylation sites is 3. The smallest absolute Gasteiger partial charge is 0.326 e. The molecule has 8 nitrogen and oxygen atoms in total. The van der Waals surface area contributed by atoms with Gasteiger partial charge in [0.2, 0.25) is 11.8 Å². The van der Waals surface area contributed by atoms with Gasteiger partial charge in [0.1, 0.15) is 13.1 Å². The van der Waals surface area contributed by atoms with Gasteiger partial charge in [0, 0.05) is 31.9 Å². The first-order valence-electron chi connectivity index (χ1n) is 11.1. The van der Waals surface area contributed by atoms with Crippen molar-refractivity contribution in [3.05, 3.63) is 54.6 Å². The van der Waals surface area contributed by atoms with Crippen molar-refractivity contribution in [2.24, 2.45) is 0 Å². The third-order valence-corrected chi connectivity index (χ3v) is 5.89. The van der Waals surface area contributed by atoms with Crippen LogP contribution in [0.25, 0.3) is 0 Å². The van der Waals surface area contributed by atoms with Gasteiger partial charge in [-0.1, -0.05) is 37.3 Å². The third-order valence-electron chi connectivity index (χ3n) is 5.89. The lowest BCUT2D eigenvalue weighted by Gasteiger charge is -2.38. The van der Waals surface area contributed by atoms with Crippen LogP contribution in [0.4, 0.5) is 21.9 Å². The second kappa shape index (κ2) is 9.82. The number of hydrogen-bond acceptors (Lipinski definition) is 4. The van der Waals surface area contributed by atoms with E-state index in [1.165, 1.54) is 9.80 Å². The number of rotatable bonds is 5. The summed E-state index contributed by atoms with van der Waals surface area (Å²) < 4.78 is 0. The number of anilines is 3. The van der Waals surface area contributed by atoms with Gasteiger partial charge in [-0.3, -0.25) is 24.3 Å². The molecule has 32 heavy (non-hydrogen) atoms. The van der Waals surface area contributed by atoms with Crippen LogP contribution >= 0.6 is 0 Å². The SMILES string of the molecule is CCCN1CCN(C(=O)CN2C(=O)CN(C(=O)Nc3ccccc3)c3ccccc32)CC1. The van der Waals surface area contributed by atoms with Gasteiger partial charge in [-0.2, -0.15) is 0 Å². The van der Waals surface area contributed by atoms with E-state index in [1.807, 2.05) is 35.2 Å². The highest BCUT2D eigenvalue weighted by Gasteiger charge is 2.34. The summed E-state index contributed by atoms with van der Waals surface area (Å²) >= 11 is 0. The van der Waals surface area contributed by atoms with Crippen LogP contribution in [-0.4, -0.2) is 73.5 Å². The van der Waals surface area contributed by atoms with E-state index >= 15 is 0 Å². The van der Waals surface area contributed by atoms with Crippen LogP contribution in [0.2, 0.25) is 0 Å². The number of hydrogen-bond donors (Lipinski definition) is 1. The van der Waals surface area contributed by atoms with Gasteiger partial charge in [-0.15, -0.1) is 0 Å². The molecule has 4 amide bonds. The summed E-state index contributed by atoms with van der Waals surface area (Å²) in [5, 5.41) is 2.83. The molecule has 0 spiro atoms. The van der Waals surface area contributed by atoms with Crippen molar-refractivity contribution >= 4 is 34.9 Å². The van der Waals surface area contributed by atoms with Gasteiger partial charge >= 0.3 is 6.03 Å². The Balaban J connectivity index is 1.47. The molecule has 0 radical (unpaired) electrons. The molecule has 0 aliphatic carbocycles. The van der Waals surface area contributed by atoms with Crippen molar-refractivity contribution in [2.75, 3.05) is 60.9 Å². The van der Waals surface area contributed by atoms with E-state index in [2.05, 4.69) is 17.1 Å². The zero-order valence-electron chi connectivity index (χ0n) is 18.4. The molecule has 0 aromatic heterocycles. The van der Waals surface area contributed by atoms with Crippen LogP contribution < -0.4 is 15.1 Å². The standard InChI is InChI=1S/C24H29N5O3/c1-2-12-26-13-15-27(16-14-26)22(30)17-28-20-10-6-7-11-21(20)29(18-23(28)31)24(32)25-19-8-4-3-5-9-19/h3-11H,2,12-18H2,1H3,(H,25,32). The molecule has 2 heterocycles. The molecule has 1 fully saturated rings. The first-order chi connectivity index (χ1) is 15.6. The van der Waals surface area contributed by atoms with Crippen molar-refractivity contribution in [2.45, 2.75) is 13.3 Å². The number of nitrogens with zero attached hydrogens (tertiary/aromatic N) is 4. The quantitative estimate of drug-likeness (QED) is 0.783. The Morgan fingerprint density at radius 2 is 1.56 bits per heavy atom. The maximum atomic E-state index is 13.0. The van der Waals surface area contributed by atoms with Gasteiger partial charge < -0.3 is 10.2 Å². The number of amides is 4. The van der Waals surface area contributed by atoms with Gasteiger partial charge in [0.15, 0.2) is 0 Å². The molecule has 8 heteroatoms. The van der Waals surface area contributed by atoms with Crippen LogP contribution in [0.1, 0.15) is 13.3 Å². The molecule has 1 N–H and O–H groups in total. The Labute approximate surface area is 188 Å². The van der Waals surface area contributed by atoms with E-state index in [0.717, 1.165) is 26.1 Å². The summed E-state index contributed by atoms with van der Waals surface area (Å²) in [6, 6.07) is 16.0. The zero-order valence-corrected chi connectivity index (χ0v) is 18.4. The van der Waals surface area contributed by atoms with Gasteiger partial charge in [-0.25, -0.2) is 4.79 Å². The molecule has 2 aliphatic heterocycles. The summed E-state index contributed by atoms with van der Waals surface area (Å²) in [6.45, 7) is 6.13. The molecule has 2 aromatic rings. The van der Waals surface area contributed by atoms with E-state index in [4.69, 9.17) is 0 Å². The minimum atomic E-state index is -0.380. The van der Waals surface area contributed by atoms with E-state index < -0.39 is 0 Å². The van der Waals surface area contributed by atoms with Crippen molar-refractivity contribution in [1.29, 1.82) is 0 Å². The monoisotopic (exact) mass is 435 g/mol. The van der Waals surface area contributed by atoms with Crippen molar-refractivity contribution in [3.8, 4) is 0 Å². The number of benzene rings is 2. The maximum Gasteiger partial charge on any atom is 0.326 e. The highest BCUT2D eigenvalue weighted by molar-refractivity contribution is 6.15. The summed E-state index contributed by atoms with van der Waals surface area (Å²) in [6.07, 6.45) is 1.10. The molecular weight excluding hydrogens is 406 g/mol. The number of nitrogens with one attached hydrogen (secondary N) is 1. The Hall–Kier alpha value is -3.39. The maximum absolute atomic E-state index is 13.0. The lowest BCUT2D eigenvalue weighted by atomic mass is 10.1. The Kier molecular flexibility index (Phi) is 6.70. The number of piperazine rings is 1. The average molecular weight is 436 g/mol. The zero-order chi connectivity index (χ0) is 22.5. The first-order valence-corrected chi connectivity index (χ1v) is 11.1. The lowest BCUT2D eigenvalue weighted by molar-refractivity contribution is -0.132. The second-order valence-electron chi connectivity index (χ2n) is 8.07. The van der Waals surface area contributed by atoms with Crippen molar-refractivity contribution in [3.63, 3.8) is 0 Å². The Bertz CT molecular complexity index is 973. The van der Waals surface area contributed by atoms with E-state index in [9.17, 15) is 14.4 Å². The molecule has 0 atom stereocenters. The largest absolute Gasteiger partial charge is 0.339 e. The summed E-state index contributed by atoms with van der Waals surface area (Å²) in [7, 11) is 0. The molecule has 0 bridgehead atoms. The van der Waals surface area contributed by atoms with Gasteiger partial charge in [-0.05, 0) is 37.2 Å². The molecule has 1 saturated heterocycles. The summed E-state index contributed by atoms with van der Waals surface area (Å²) in [4.78, 5) is 46.0. The van der Waals surface area contributed by atoms with Crippen LogP contribution in [0.15, 0.2) is 54.6 Å². The highest BCUT2D eigenvalue weighted by atomic mass is 16.2. The third kappa shape index (κ3) is 4.75. The predicted molar refractivity (Wildman–Crippen MR) is 125 cm³/mol. The fraction of sp³-hybridized carbons (Fsp3) is 0.375. The van der Waals surface area contributed by atoms with Crippen molar-refractivity contribution in [1.82, 2.24) is 9.80 Å². The van der Waals surface area contributed by atoms with E-state index in [-0.39, 0.29) is 30.9 Å². The highest BCUT2D eigenvalue weighted by Crippen LogP contribution is 2.33. The van der Waals surface area contributed by atoms with Crippen LogP contribution in [0.3, 0.4) is 0 Å². The molecule has 0 saturated carbocycles. The molecule has 2 aromatic carbocycles. The fourth-order valence-corrected chi connectivity index (χ4v) is 4.20. The number of fused-ring (bicyclic) bond motifs is 1. The topological polar surface area (TPSA) is 76.2 Å². The molecule has 4 rings (SSSR count). The fourth-order valence-electron chi connectivity index (χ4n) is 4.20. The van der Waals surface area contributed by atoms with E-state index in [1.54, 1.807) is 24.3 Å². The van der Waals surface area contributed by atoms with Crippen molar-refractivity contribution < 1.29 is 14.4 Å². The lowest BCUT2D eigenvalue weighted by Crippen LogP contribution is -2.55. The second-order valence-corrected chi connectivity index (χ2v) is 8.07. The number of carbonyl (C=O) groups is 3. The predicted octanol–water partition coefficient (Wildman–Crippen LogP) is 2.63. The van der Waals surface area contributed by atoms with Crippen LogP contribution in [-0.2, 0) is 9.59 Å². The molecule has 168 valence electrons. The van der Waals surface area contributed by atoms with Crippen LogP contribution in [0, 0.1) is 0 Å². The summed E-state index contributed by atoms with van der Waals surface area (Å²) in [5.41, 5.74) is 1.84. The normalized spacial score (nSPS) is 16.7. The minimum absolute atomic E-state index is 0.0161. The molecular formula is C24H29N5O3. The number of urea groups is 1. The molecule has 2 aliphatic rings. The van der Waals surface area contributed by atoms with Gasteiger partial charge in [0.05, 0.1) is 11.4 Å². The first kappa shape index (κ1) is 21.8. The Morgan fingerprint density at radius 1 is 0.906 bits per heavy atom. The van der Waals surface area contributed by atoms with Crippen LogP contribution in [0.5, 0.6) is 0 Å². The van der Waals surface area contributed by atoms with E-state index in [0.29, 0.717) is 30.2 Å². The number of carbonyl (C=O) groups excluding carboxylic acids is 3. The van der Waals surface area contributed by atoms with Gasteiger partial charge in [0.25, 0.3) is 0 Å².